The third-order valence-electron chi connectivity index (χ3n) is 4.26. The number of hydrogen-bond acceptors (Lipinski definition) is 5. The van der Waals surface area contributed by atoms with Crippen molar-refractivity contribution in [1.82, 2.24) is 9.03 Å². The van der Waals surface area contributed by atoms with Gasteiger partial charge in [0.25, 0.3) is 0 Å². The molecule has 1 fully saturated rings. The molecule has 0 saturated carbocycles. The zero-order valence-corrected chi connectivity index (χ0v) is 16.7. The molecule has 0 atom stereocenters. The number of benzene rings is 1. The van der Waals surface area contributed by atoms with Gasteiger partial charge in [-0.2, -0.15) is 9.57 Å². The lowest BCUT2D eigenvalue weighted by Crippen LogP contribution is -2.33. The Labute approximate surface area is 156 Å². The lowest BCUT2D eigenvalue weighted by atomic mass is 9.93. The molecule has 0 amide bonds. The monoisotopic (exact) mass is 399 g/mol. The van der Waals surface area contributed by atoms with E-state index in [0.29, 0.717) is 18.7 Å². The summed E-state index contributed by atoms with van der Waals surface area (Å²) in [6.07, 6.45) is 1.90. The maximum absolute atomic E-state index is 12.5. The summed E-state index contributed by atoms with van der Waals surface area (Å²) in [5.74, 6) is -0.144. The van der Waals surface area contributed by atoms with Crippen molar-refractivity contribution in [2.45, 2.75) is 44.6 Å². The molecular weight excluding hydrogens is 374 g/mol. The van der Waals surface area contributed by atoms with E-state index in [0.717, 1.165) is 12.8 Å². The Kier molecular flexibility index (Phi) is 6.45. The largest absolute Gasteiger partial charge is 0.243 e. The van der Waals surface area contributed by atoms with Gasteiger partial charge in [-0.05, 0) is 36.0 Å². The van der Waals surface area contributed by atoms with E-state index < -0.39 is 25.5 Å². The van der Waals surface area contributed by atoms with Crippen LogP contribution >= 0.6 is 0 Å². The highest BCUT2D eigenvalue weighted by Crippen LogP contribution is 2.23. The van der Waals surface area contributed by atoms with E-state index in [2.05, 4.69) is 4.72 Å². The molecule has 0 bridgehead atoms. The maximum Gasteiger partial charge on any atom is 0.243 e. The number of nitriles is 1. The van der Waals surface area contributed by atoms with Gasteiger partial charge in [-0.15, -0.1) is 0 Å². The summed E-state index contributed by atoms with van der Waals surface area (Å²) in [7, 11) is -7.00. The Morgan fingerprint density at radius 3 is 2.23 bits per heavy atom. The van der Waals surface area contributed by atoms with Gasteiger partial charge < -0.3 is 0 Å². The van der Waals surface area contributed by atoms with Gasteiger partial charge in [0.2, 0.25) is 20.0 Å². The molecule has 26 heavy (non-hydrogen) atoms. The molecule has 0 aromatic heterocycles. The average Bonchev–Trinajstić information content (AvgIpc) is 3.07. The molecule has 7 nitrogen and oxygen atoms in total. The van der Waals surface area contributed by atoms with Crippen molar-refractivity contribution >= 4 is 20.0 Å². The highest BCUT2D eigenvalue weighted by atomic mass is 32.2. The van der Waals surface area contributed by atoms with E-state index in [1.165, 1.54) is 16.4 Å². The summed E-state index contributed by atoms with van der Waals surface area (Å²) < 4.78 is 53.3. The molecule has 9 heteroatoms. The fourth-order valence-electron chi connectivity index (χ4n) is 2.88. The summed E-state index contributed by atoms with van der Waals surface area (Å²) in [5, 5.41) is 8.76. The first-order valence-electron chi connectivity index (χ1n) is 8.49. The van der Waals surface area contributed by atoms with Crippen LogP contribution in [0.4, 0.5) is 0 Å². The highest BCUT2D eigenvalue weighted by Gasteiger charge is 2.27. The number of rotatable bonds is 8. The molecule has 1 aliphatic heterocycles. The first-order valence-corrected chi connectivity index (χ1v) is 11.6. The standard InChI is InChI=1S/C17H25N3O4S2/c1-17(2,9-10-18)14-25(21,22)19-13-15-5-7-16(8-6-15)26(23,24)20-11-3-4-12-20/h5-8,19H,3-4,9,11-14H2,1-2H3. The number of sulfonamides is 2. The summed E-state index contributed by atoms with van der Waals surface area (Å²) in [6, 6.07) is 8.25. The predicted molar refractivity (Wildman–Crippen MR) is 99.1 cm³/mol. The lowest BCUT2D eigenvalue weighted by Gasteiger charge is -2.21. The molecule has 2 rings (SSSR count). The second-order valence-electron chi connectivity index (χ2n) is 7.33. The molecule has 0 spiro atoms. The van der Waals surface area contributed by atoms with Crippen LogP contribution in [-0.4, -0.2) is 40.0 Å². The minimum atomic E-state index is -3.54. The van der Waals surface area contributed by atoms with Crippen LogP contribution in [0, 0.1) is 16.7 Å². The summed E-state index contributed by atoms with van der Waals surface area (Å²) in [5.41, 5.74) is 0.0425. The third-order valence-corrected chi connectivity index (χ3v) is 7.92. The van der Waals surface area contributed by atoms with E-state index in [1.807, 2.05) is 6.07 Å². The van der Waals surface area contributed by atoms with Gasteiger partial charge in [0.05, 0.1) is 16.7 Å². The van der Waals surface area contributed by atoms with Crippen LogP contribution in [-0.2, 0) is 26.6 Å². The topological polar surface area (TPSA) is 107 Å². The molecule has 144 valence electrons. The van der Waals surface area contributed by atoms with Crippen LogP contribution in [0.15, 0.2) is 29.2 Å². The highest BCUT2D eigenvalue weighted by molar-refractivity contribution is 7.89. The van der Waals surface area contributed by atoms with Crippen molar-refractivity contribution in [3.05, 3.63) is 29.8 Å². The van der Waals surface area contributed by atoms with Gasteiger partial charge in [-0.3, -0.25) is 0 Å². The van der Waals surface area contributed by atoms with Gasteiger partial charge in [0, 0.05) is 26.1 Å². The molecule has 1 heterocycles. The van der Waals surface area contributed by atoms with Crippen LogP contribution < -0.4 is 4.72 Å². The van der Waals surface area contributed by atoms with Gasteiger partial charge in [0.15, 0.2) is 0 Å². The Morgan fingerprint density at radius 1 is 1.12 bits per heavy atom. The predicted octanol–water partition coefficient (Wildman–Crippen LogP) is 1.83. The fraction of sp³-hybridized carbons (Fsp3) is 0.588. The molecule has 1 saturated heterocycles. The van der Waals surface area contributed by atoms with Crippen LogP contribution in [0.25, 0.3) is 0 Å². The van der Waals surface area contributed by atoms with Crippen molar-refractivity contribution in [2.24, 2.45) is 5.41 Å². The van der Waals surface area contributed by atoms with Crippen molar-refractivity contribution in [1.29, 1.82) is 5.26 Å². The van der Waals surface area contributed by atoms with Crippen molar-refractivity contribution < 1.29 is 16.8 Å². The Morgan fingerprint density at radius 2 is 1.69 bits per heavy atom. The first-order chi connectivity index (χ1) is 12.1. The minimum absolute atomic E-state index is 0.0784. The molecule has 0 radical (unpaired) electrons. The second-order valence-corrected chi connectivity index (χ2v) is 11.1. The maximum atomic E-state index is 12.5. The first kappa shape index (κ1) is 20.8. The SMILES string of the molecule is CC(C)(CC#N)CS(=O)(=O)NCc1ccc(S(=O)(=O)N2CCCC2)cc1. The van der Waals surface area contributed by atoms with E-state index >= 15 is 0 Å². The van der Waals surface area contributed by atoms with Gasteiger partial charge >= 0.3 is 0 Å². The Hall–Kier alpha value is -1.47. The van der Waals surface area contributed by atoms with Crippen molar-refractivity contribution in [3.63, 3.8) is 0 Å². The summed E-state index contributed by atoms with van der Waals surface area (Å²) >= 11 is 0. The van der Waals surface area contributed by atoms with E-state index in [9.17, 15) is 16.8 Å². The Bertz CT molecular complexity index is 864. The lowest BCUT2D eigenvalue weighted by molar-refractivity contribution is 0.420. The summed E-state index contributed by atoms with van der Waals surface area (Å²) in [6.45, 7) is 4.63. The number of hydrogen-bond donors (Lipinski definition) is 1. The zero-order valence-electron chi connectivity index (χ0n) is 15.1. The number of nitrogens with zero attached hydrogens (tertiary/aromatic N) is 2. The fourth-order valence-corrected chi connectivity index (χ4v) is 6.02. The molecular formula is C17H25N3O4S2. The van der Waals surface area contributed by atoms with E-state index in [-0.39, 0.29) is 23.6 Å². The summed E-state index contributed by atoms with van der Waals surface area (Å²) in [4.78, 5) is 0.223. The van der Waals surface area contributed by atoms with Crippen LogP contribution in [0.1, 0.15) is 38.7 Å². The van der Waals surface area contributed by atoms with Crippen LogP contribution in [0.5, 0.6) is 0 Å². The van der Waals surface area contributed by atoms with Gasteiger partial charge in [-0.25, -0.2) is 21.6 Å². The molecule has 0 unspecified atom stereocenters. The van der Waals surface area contributed by atoms with Crippen LogP contribution in [0.3, 0.4) is 0 Å². The molecule has 1 N–H and O–H groups in total. The third kappa shape index (κ3) is 5.51. The van der Waals surface area contributed by atoms with Gasteiger partial charge in [0.1, 0.15) is 0 Å². The average molecular weight is 400 g/mol. The second kappa shape index (κ2) is 8.05. The van der Waals surface area contributed by atoms with Crippen molar-refractivity contribution in [2.75, 3.05) is 18.8 Å². The quantitative estimate of drug-likeness (QED) is 0.717. The van der Waals surface area contributed by atoms with E-state index in [1.54, 1.807) is 26.0 Å². The Balaban J connectivity index is 2.00. The minimum Gasteiger partial charge on any atom is -0.212 e. The molecule has 1 aromatic carbocycles. The van der Waals surface area contributed by atoms with Gasteiger partial charge in [-0.1, -0.05) is 26.0 Å². The zero-order chi connectivity index (χ0) is 19.4. The van der Waals surface area contributed by atoms with Crippen molar-refractivity contribution in [3.8, 4) is 6.07 Å². The normalized spacial score (nSPS) is 16.5. The molecule has 1 aromatic rings. The van der Waals surface area contributed by atoms with Crippen LogP contribution in [0.2, 0.25) is 0 Å². The van der Waals surface area contributed by atoms with E-state index in [4.69, 9.17) is 5.26 Å². The molecule has 1 aliphatic rings. The number of nitrogens with one attached hydrogen (secondary N) is 1. The smallest absolute Gasteiger partial charge is 0.212 e. The molecule has 0 aliphatic carbocycles.